The minimum absolute atomic E-state index is 0.00512. The summed E-state index contributed by atoms with van der Waals surface area (Å²) in [4.78, 5) is 38.4. The summed E-state index contributed by atoms with van der Waals surface area (Å²) in [5, 5.41) is 0. The Hall–Kier alpha value is -2.21. The molecular formula is C14H15N3O3. The fourth-order valence-electron chi connectivity index (χ4n) is 2.71. The van der Waals surface area contributed by atoms with Crippen LogP contribution in [0.25, 0.3) is 0 Å². The lowest BCUT2D eigenvalue weighted by Crippen LogP contribution is -2.26. The van der Waals surface area contributed by atoms with Crippen LogP contribution in [0.2, 0.25) is 0 Å². The van der Waals surface area contributed by atoms with Gasteiger partial charge >= 0.3 is 0 Å². The predicted octanol–water partition coefficient (Wildman–Crippen LogP) is 0.224. The SMILES string of the molecule is CN1C(=O)c2ccc(N3CC(CN)CC3=O)cc2C1=O. The molecule has 1 aromatic rings. The highest BCUT2D eigenvalue weighted by molar-refractivity contribution is 6.21. The van der Waals surface area contributed by atoms with Gasteiger partial charge in [-0.3, -0.25) is 19.3 Å². The van der Waals surface area contributed by atoms with Crippen LogP contribution in [0.4, 0.5) is 5.69 Å². The van der Waals surface area contributed by atoms with Crippen molar-refractivity contribution in [3.05, 3.63) is 29.3 Å². The maximum Gasteiger partial charge on any atom is 0.261 e. The summed E-state index contributed by atoms with van der Waals surface area (Å²) in [7, 11) is 1.45. The van der Waals surface area contributed by atoms with E-state index in [1.165, 1.54) is 7.05 Å². The Balaban J connectivity index is 1.97. The molecule has 1 aromatic carbocycles. The fraction of sp³-hybridized carbons (Fsp3) is 0.357. The fourth-order valence-corrected chi connectivity index (χ4v) is 2.71. The van der Waals surface area contributed by atoms with Gasteiger partial charge in [0.2, 0.25) is 5.91 Å². The second kappa shape index (κ2) is 4.42. The van der Waals surface area contributed by atoms with Gasteiger partial charge in [0.25, 0.3) is 11.8 Å². The molecule has 3 amide bonds. The van der Waals surface area contributed by atoms with E-state index in [1.54, 1.807) is 23.1 Å². The standard InChI is InChI=1S/C14H15N3O3/c1-16-13(19)10-3-2-9(5-11(10)14(16)20)17-7-8(6-15)4-12(17)18/h2-3,5,8H,4,6-7,15H2,1H3. The number of amides is 3. The van der Waals surface area contributed by atoms with Crippen LogP contribution >= 0.6 is 0 Å². The number of rotatable bonds is 2. The molecule has 2 aliphatic rings. The summed E-state index contributed by atoms with van der Waals surface area (Å²) in [5.41, 5.74) is 7.01. The number of benzene rings is 1. The second-order valence-electron chi connectivity index (χ2n) is 5.21. The molecule has 104 valence electrons. The van der Waals surface area contributed by atoms with Crippen molar-refractivity contribution in [1.29, 1.82) is 0 Å². The number of carbonyl (C=O) groups is 3. The highest BCUT2D eigenvalue weighted by Gasteiger charge is 2.35. The van der Waals surface area contributed by atoms with E-state index in [1.807, 2.05) is 0 Å². The van der Waals surface area contributed by atoms with Gasteiger partial charge in [0, 0.05) is 25.7 Å². The quantitative estimate of drug-likeness (QED) is 0.781. The van der Waals surface area contributed by atoms with Crippen LogP contribution in [0.15, 0.2) is 18.2 Å². The molecule has 6 heteroatoms. The van der Waals surface area contributed by atoms with Crippen LogP contribution in [-0.4, -0.2) is 42.8 Å². The Bertz CT molecular complexity index is 626. The molecule has 6 nitrogen and oxygen atoms in total. The minimum Gasteiger partial charge on any atom is -0.330 e. The smallest absolute Gasteiger partial charge is 0.261 e. The van der Waals surface area contributed by atoms with Crippen LogP contribution < -0.4 is 10.6 Å². The van der Waals surface area contributed by atoms with Gasteiger partial charge in [-0.1, -0.05) is 0 Å². The normalized spacial score (nSPS) is 21.9. The number of hydrogen-bond donors (Lipinski definition) is 1. The van der Waals surface area contributed by atoms with E-state index < -0.39 is 0 Å². The largest absolute Gasteiger partial charge is 0.330 e. The van der Waals surface area contributed by atoms with Crippen molar-refractivity contribution in [1.82, 2.24) is 4.90 Å². The maximum absolute atomic E-state index is 12.0. The third-order valence-corrected chi connectivity index (χ3v) is 3.92. The molecule has 0 aliphatic carbocycles. The minimum atomic E-state index is -0.325. The van der Waals surface area contributed by atoms with E-state index in [4.69, 9.17) is 5.73 Å². The van der Waals surface area contributed by atoms with Gasteiger partial charge < -0.3 is 10.6 Å². The van der Waals surface area contributed by atoms with Crippen LogP contribution in [0.3, 0.4) is 0 Å². The Labute approximate surface area is 116 Å². The summed E-state index contributed by atoms with van der Waals surface area (Å²) in [6.07, 6.45) is 0.431. The summed E-state index contributed by atoms with van der Waals surface area (Å²) in [6.45, 7) is 1.03. The van der Waals surface area contributed by atoms with Crippen molar-refractivity contribution < 1.29 is 14.4 Å². The van der Waals surface area contributed by atoms with Crippen molar-refractivity contribution in [3.8, 4) is 0 Å². The molecule has 0 saturated carbocycles. The second-order valence-corrected chi connectivity index (χ2v) is 5.21. The molecule has 20 heavy (non-hydrogen) atoms. The first-order chi connectivity index (χ1) is 9.52. The average Bonchev–Trinajstić information content (AvgIpc) is 2.93. The van der Waals surface area contributed by atoms with Crippen molar-refractivity contribution in [3.63, 3.8) is 0 Å². The summed E-state index contributed by atoms with van der Waals surface area (Å²) in [6, 6.07) is 4.94. The van der Waals surface area contributed by atoms with E-state index in [0.29, 0.717) is 36.3 Å². The molecule has 0 radical (unpaired) electrons. The third kappa shape index (κ3) is 1.72. The average molecular weight is 273 g/mol. The summed E-state index contributed by atoms with van der Waals surface area (Å²) < 4.78 is 0. The molecular weight excluding hydrogens is 258 g/mol. The van der Waals surface area contributed by atoms with Gasteiger partial charge in [-0.05, 0) is 30.7 Å². The first-order valence-corrected chi connectivity index (χ1v) is 6.49. The number of carbonyl (C=O) groups excluding carboxylic acids is 3. The number of fused-ring (bicyclic) bond motifs is 1. The van der Waals surface area contributed by atoms with E-state index >= 15 is 0 Å². The highest BCUT2D eigenvalue weighted by Crippen LogP contribution is 2.30. The number of hydrogen-bond acceptors (Lipinski definition) is 4. The van der Waals surface area contributed by atoms with E-state index in [9.17, 15) is 14.4 Å². The molecule has 1 atom stereocenters. The molecule has 2 aliphatic heterocycles. The van der Waals surface area contributed by atoms with E-state index in [-0.39, 0.29) is 23.6 Å². The number of anilines is 1. The molecule has 0 spiro atoms. The van der Waals surface area contributed by atoms with Crippen molar-refractivity contribution in [2.75, 3.05) is 25.0 Å². The Morgan fingerprint density at radius 3 is 2.55 bits per heavy atom. The summed E-state index contributed by atoms with van der Waals surface area (Å²) >= 11 is 0. The van der Waals surface area contributed by atoms with Crippen LogP contribution in [-0.2, 0) is 4.79 Å². The van der Waals surface area contributed by atoms with Crippen LogP contribution in [0.1, 0.15) is 27.1 Å². The van der Waals surface area contributed by atoms with Gasteiger partial charge in [-0.2, -0.15) is 0 Å². The van der Waals surface area contributed by atoms with E-state index in [2.05, 4.69) is 0 Å². The molecule has 2 heterocycles. The Morgan fingerprint density at radius 2 is 1.90 bits per heavy atom. The lowest BCUT2D eigenvalue weighted by atomic mass is 10.1. The van der Waals surface area contributed by atoms with Crippen molar-refractivity contribution in [2.24, 2.45) is 11.7 Å². The van der Waals surface area contributed by atoms with Crippen LogP contribution in [0.5, 0.6) is 0 Å². The van der Waals surface area contributed by atoms with Gasteiger partial charge in [0.1, 0.15) is 0 Å². The lowest BCUT2D eigenvalue weighted by Gasteiger charge is -2.17. The lowest BCUT2D eigenvalue weighted by molar-refractivity contribution is -0.117. The third-order valence-electron chi connectivity index (χ3n) is 3.92. The topological polar surface area (TPSA) is 83.7 Å². The van der Waals surface area contributed by atoms with Crippen molar-refractivity contribution in [2.45, 2.75) is 6.42 Å². The highest BCUT2D eigenvalue weighted by atomic mass is 16.2. The van der Waals surface area contributed by atoms with E-state index in [0.717, 1.165) is 4.90 Å². The first kappa shape index (κ1) is 12.8. The maximum atomic E-state index is 12.0. The summed E-state index contributed by atoms with van der Waals surface area (Å²) in [5.74, 6) is -0.473. The molecule has 2 N–H and O–H groups in total. The zero-order valence-corrected chi connectivity index (χ0v) is 11.1. The van der Waals surface area contributed by atoms with Gasteiger partial charge in [0.15, 0.2) is 0 Å². The molecule has 1 fully saturated rings. The first-order valence-electron chi connectivity index (χ1n) is 6.49. The molecule has 1 unspecified atom stereocenters. The Morgan fingerprint density at radius 1 is 1.20 bits per heavy atom. The molecule has 0 aromatic heterocycles. The monoisotopic (exact) mass is 273 g/mol. The molecule has 1 saturated heterocycles. The molecule has 3 rings (SSSR count). The van der Waals surface area contributed by atoms with Gasteiger partial charge in [0.05, 0.1) is 11.1 Å². The number of imide groups is 1. The van der Waals surface area contributed by atoms with Gasteiger partial charge in [-0.15, -0.1) is 0 Å². The van der Waals surface area contributed by atoms with Gasteiger partial charge in [-0.25, -0.2) is 0 Å². The van der Waals surface area contributed by atoms with Crippen LogP contribution in [0, 0.1) is 5.92 Å². The van der Waals surface area contributed by atoms with Crippen molar-refractivity contribution >= 4 is 23.4 Å². The predicted molar refractivity (Wildman–Crippen MR) is 72.4 cm³/mol. The zero-order chi connectivity index (χ0) is 14.4. The number of nitrogens with two attached hydrogens (primary N) is 1. The zero-order valence-electron chi connectivity index (χ0n) is 11.1. The number of nitrogens with zero attached hydrogens (tertiary/aromatic N) is 2. The molecule has 0 bridgehead atoms. The Kier molecular flexibility index (Phi) is 2.83.